The molecule has 0 saturated heterocycles. The van der Waals surface area contributed by atoms with E-state index in [1.807, 2.05) is 0 Å². The van der Waals surface area contributed by atoms with E-state index < -0.39 is 0 Å². The van der Waals surface area contributed by atoms with Gasteiger partial charge in [-0.1, -0.05) is 39.3 Å². The zero-order valence-corrected chi connectivity index (χ0v) is 12.8. The van der Waals surface area contributed by atoms with E-state index >= 15 is 0 Å². The topological polar surface area (TPSA) is 29.9 Å². The molecule has 0 bridgehead atoms. The second-order valence-electron chi connectivity index (χ2n) is 5.24. The van der Waals surface area contributed by atoms with E-state index in [2.05, 4.69) is 42.8 Å². The molecule has 1 atom stereocenters. The molecular formula is C14H26ClN3. The summed E-state index contributed by atoms with van der Waals surface area (Å²) in [7, 11) is 0. The highest BCUT2D eigenvalue weighted by molar-refractivity contribution is 6.31. The average Bonchev–Trinajstić information content (AvgIpc) is 2.66. The minimum atomic E-state index is 0.312. The largest absolute Gasteiger partial charge is 0.309 e. The highest BCUT2D eigenvalue weighted by atomic mass is 35.5. The number of aromatic nitrogens is 2. The van der Waals surface area contributed by atoms with Crippen molar-refractivity contribution >= 4 is 11.6 Å². The van der Waals surface area contributed by atoms with Gasteiger partial charge in [0, 0.05) is 6.54 Å². The van der Waals surface area contributed by atoms with E-state index in [-0.39, 0.29) is 0 Å². The quantitative estimate of drug-likeness (QED) is 0.774. The first-order valence-corrected chi connectivity index (χ1v) is 7.42. The van der Waals surface area contributed by atoms with Gasteiger partial charge in [0.2, 0.25) is 0 Å². The summed E-state index contributed by atoms with van der Waals surface area (Å²) in [6, 6.07) is 0.312. The van der Waals surface area contributed by atoms with Crippen LogP contribution in [0, 0.1) is 5.92 Å². The fourth-order valence-electron chi connectivity index (χ4n) is 2.19. The summed E-state index contributed by atoms with van der Waals surface area (Å²) in [6.07, 6.45) is 5.07. The smallest absolute Gasteiger partial charge is 0.0834 e. The van der Waals surface area contributed by atoms with Gasteiger partial charge < -0.3 is 5.32 Å². The molecule has 0 saturated carbocycles. The molecule has 1 rings (SSSR count). The molecule has 3 nitrogen and oxygen atoms in total. The Morgan fingerprint density at radius 2 is 2.06 bits per heavy atom. The van der Waals surface area contributed by atoms with Crippen molar-refractivity contribution in [2.45, 2.75) is 59.5 Å². The maximum absolute atomic E-state index is 6.31. The van der Waals surface area contributed by atoms with Crippen LogP contribution in [0.2, 0.25) is 5.02 Å². The highest BCUT2D eigenvalue weighted by Gasteiger charge is 2.20. The van der Waals surface area contributed by atoms with Gasteiger partial charge in [-0.05, 0) is 31.7 Å². The van der Waals surface area contributed by atoms with Crippen LogP contribution in [0.1, 0.15) is 58.7 Å². The molecule has 0 amide bonds. The maximum Gasteiger partial charge on any atom is 0.0834 e. The summed E-state index contributed by atoms with van der Waals surface area (Å²) in [5, 5.41) is 8.77. The zero-order chi connectivity index (χ0) is 13.5. The van der Waals surface area contributed by atoms with E-state index in [9.17, 15) is 0 Å². The lowest BCUT2D eigenvalue weighted by atomic mass is 10.0. The van der Waals surface area contributed by atoms with E-state index in [1.54, 1.807) is 6.20 Å². The fourth-order valence-corrected chi connectivity index (χ4v) is 2.46. The van der Waals surface area contributed by atoms with Gasteiger partial charge in [0.05, 0.1) is 23.0 Å². The Kier molecular flexibility index (Phi) is 6.72. The maximum atomic E-state index is 6.31. The molecule has 0 aliphatic heterocycles. The van der Waals surface area contributed by atoms with Crippen LogP contribution in [-0.4, -0.2) is 16.3 Å². The summed E-state index contributed by atoms with van der Waals surface area (Å²) in [5.74, 6) is 0.639. The number of nitrogens with one attached hydrogen (secondary N) is 1. The summed E-state index contributed by atoms with van der Waals surface area (Å²) in [6.45, 7) is 10.8. The molecular weight excluding hydrogens is 246 g/mol. The second-order valence-corrected chi connectivity index (χ2v) is 5.64. The SMILES string of the molecule is CCCNC(CC(C)C)c1c(Cl)cnn1CCC. The molecule has 104 valence electrons. The van der Waals surface area contributed by atoms with Gasteiger partial charge in [-0.15, -0.1) is 0 Å². The number of halogens is 1. The molecule has 1 unspecified atom stereocenters. The van der Waals surface area contributed by atoms with Gasteiger partial charge in [0.25, 0.3) is 0 Å². The van der Waals surface area contributed by atoms with E-state index in [4.69, 9.17) is 11.6 Å². The predicted octanol–water partition coefficient (Wildman–Crippen LogP) is 4.03. The van der Waals surface area contributed by atoms with Crippen molar-refractivity contribution in [1.82, 2.24) is 15.1 Å². The van der Waals surface area contributed by atoms with Crippen molar-refractivity contribution in [2.75, 3.05) is 6.54 Å². The lowest BCUT2D eigenvalue weighted by molar-refractivity contribution is 0.400. The third-order valence-electron chi connectivity index (χ3n) is 2.95. The summed E-state index contributed by atoms with van der Waals surface area (Å²) >= 11 is 6.31. The molecule has 1 heterocycles. The fraction of sp³-hybridized carbons (Fsp3) is 0.786. The van der Waals surface area contributed by atoms with Crippen LogP contribution in [0.3, 0.4) is 0 Å². The Bertz CT molecular complexity index is 347. The van der Waals surface area contributed by atoms with Crippen molar-refractivity contribution in [3.63, 3.8) is 0 Å². The molecule has 0 aromatic carbocycles. The molecule has 1 aromatic rings. The predicted molar refractivity (Wildman–Crippen MR) is 78.0 cm³/mol. The Morgan fingerprint density at radius 3 is 2.61 bits per heavy atom. The minimum absolute atomic E-state index is 0.312. The Labute approximate surface area is 116 Å². The number of rotatable bonds is 8. The summed E-state index contributed by atoms with van der Waals surface area (Å²) in [5.41, 5.74) is 1.15. The lowest BCUT2D eigenvalue weighted by Crippen LogP contribution is -2.26. The first-order chi connectivity index (χ1) is 8.60. The van der Waals surface area contributed by atoms with Crippen LogP contribution in [0.5, 0.6) is 0 Å². The molecule has 1 aromatic heterocycles. The Hall–Kier alpha value is -0.540. The van der Waals surface area contributed by atoms with Crippen LogP contribution in [-0.2, 0) is 6.54 Å². The molecule has 0 aliphatic carbocycles. The molecule has 0 spiro atoms. The van der Waals surface area contributed by atoms with Crippen LogP contribution in [0.25, 0.3) is 0 Å². The third-order valence-corrected chi connectivity index (χ3v) is 3.24. The van der Waals surface area contributed by atoms with Gasteiger partial charge in [-0.3, -0.25) is 4.68 Å². The molecule has 0 fully saturated rings. The van der Waals surface area contributed by atoms with Gasteiger partial charge in [0.1, 0.15) is 0 Å². The van der Waals surface area contributed by atoms with Crippen LogP contribution < -0.4 is 5.32 Å². The van der Waals surface area contributed by atoms with Crippen molar-refractivity contribution in [3.8, 4) is 0 Å². The molecule has 4 heteroatoms. The first kappa shape index (κ1) is 15.5. The Morgan fingerprint density at radius 1 is 1.33 bits per heavy atom. The van der Waals surface area contributed by atoms with Crippen LogP contribution in [0.15, 0.2) is 6.20 Å². The molecule has 1 N–H and O–H groups in total. The van der Waals surface area contributed by atoms with Crippen LogP contribution in [0.4, 0.5) is 0 Å². The van der Waals surface area contributed by atoms with E-state index in [0.717, 1.165) is 43.1 Å². The van der Waals surface area contributed by atoms with E-state index in [0.29, 0.717) is 12.0 Å². The first-order valence-electron chi connectivity index (χ1n) is 7.04. The Balaban J connectivity index is 2.91. The lowest BCUT2D eigenvalue weighted by Gasteiger charge is -2.22. The second kappa shape index (κ2) is 7.80. The highest BCUT2D eigenvalue weighted by Crippen LogP contribution is 2.28. The van der Waals surface area contributed by atoms with Crippen molar-refractivity contribution in [3.05, 3.63) is 16.9 Å². The van der Waals surface area contributed by atoms with Gasteiger partial charge in [-0.25, -0.2) is 0 Å². The normalized spacial score (nSPS) is 13.2. The van der Waals surface area contributed by atoms with Crippen LogP contribution >= 0.6 is 11.6 Å². The average molecular weight is 272 g/mol. The van der Waals surface area contributed by atoms with E-state index in [1.165, 1.54) is 0 Å². The molecule has 18 heavy (non-hydrogen) atoms. The molecule has 0 radical (unpaired) electrons. The monoisotopic (exact) mass is 271 g/mol. The number of hydrogen-bond donors (Lipinski definition) is 1. The van der Waals surface area contributed by atoms with Crippen molar-refractivity contribution in [1.29, 1.82) is 0 Å². The van der Waals surface area contributed by atoms with Gasteiger partial charge in [0.15, 0.2) is 0 Å². The number of hydrogen-bond acceptors (Lipinski definition) is 2. The molecule has 0 aliphatic rings. The van der Waals surface area contributed by atoms with Crippen molar-refractivity contribution in [2.24, 2.45) is 5.92 Å². The van der Waals surface area contributed by atoms with Crippen molar-refractivity contribution < 1.29 is 0 Å². The minimum Gasteiger partial charge on any atom is -0.309 e. The number of aryl methyl sites for hydroxylation is 1. The van der Waals surface area contributed by atoms with Gasteiger partial charge >= 0.3 is 0 Å². The van der Waals surface area contributed by atoms with Gasteiger partial charge in [-0.2, -0.15) is 5.10 Å². The standard InChI is InChI=1S/C14H26ClN3/c1-5-7-16-13(9-11(3)4)14-12(15)10-17-18(14)8-6-2/h10-11,13,16H,5-9H2,1-4H3. The summed E-state index contributed by atoms with van der Waals surface area (Å²) in [4.78, 5) is 0. The third kappa shape index (κ3) is 4.29. The summed E-state index contributed by atoms with van der Waals surface area (Å²) < 4.78 is 2.05. The zero-order valence-electron chi connectivity index (χ0n) is 12.0. The number of nitrogens with zero attached hydrogens (tertiary/aromatic N) is 2.